The summed E-state index contributed by atoms with van der Waals surface area (Å²) in [6, 6.07) is 3.49. The number of ketones is 2. The van der Waals surface area contributed by atoms with E-state index in [1.165, 1.54) is 0 Å². The maximum atomic E-state index is 12.5. The van der Waals surface area contributed by atoms with E-state index in [4.69, 9.17) is 0 Å². The average molecular weight is 336 g/mol. The Morgan fingerprint density at radius 3 is 2.55 bits per heavy atom. The van der Waals surface area contributed by atoms with Crippen LogP contribution in [0.25, 0.3) is 0 Å². The Balaban J connectivity index is 2.26. The second-order valence-electron chi connectivity index (χ2n) is 5.11. The van der Waals surface area contributed by atoms with Gasteiger partial charge in [0.25, 0.3) is 0 Å². The van der Waals surface area contributed by atoms with Crippen LogP contribution in [0.4, 0.5) is 0 Å². The van der Waals surface area contributed by atoms with Crippen LogP contribution in [-0.4, -0.2) is 16.6 Å². The van der Waals surface area contributed by atoms with Gasteiger partial charge < -0.3 is 0 Å². The molecule has 1 heterocycles. The van der Waals surface area contributed by atoms with Crippen molar-refractivity contribution in [3.8, 4) is 0 Å². The summed E-state index contributed by atoms with van der Waals surface area (Å²) >= 11 is 3.29. The Morgan fingerprint density at radius 1 is 1.10 bits per heavy atom. The van der Waals surface area contributed by atoms with Crippen LogP contribution >= 0.6 is 15.9 Å². The lowest BCUT2D eigenvalue weighted by Gasteiger charge is -2.17. The number of aryl methyl sites for hydroxylation is 1. The van der Waals surface area contributed by atoms with E-state index < -0.39 is 0 Å². The van der Waals surface area contributed by atoms with Crippen molar-refractivity contribution in [1.82, 2.24) is 4.98 Å². The predicted molar refractivity (Wildman–Crippen MR) is 82.3 cm³/mol. The number of halogens is 1. The van der Waals surface area contributed by atoms with Crippen LogP contribution in [0.1, 0.15) is 65.6 Å². The molecule has 0 atom stereocenters. The minimum absolute atomic E-state index is 0.0597. The molecule has 1 aromatic heterocycles. The van der Waals surface area contributed by atoms with Crippen LogP contribution in [0.2, 0.25) is 0 Å². The molecule has 0 fully saturated rings. The van der Waals surface area contributed by atoms with Gasteiger partial charge in [-0.05, 0) is 47.8 Å². The second kappa shape index (κ2) is 6.44. The lowest BCUT2D eigenvalue weighted by Crippen LogP contribution is -2.21. The van der Waals surface area contributed by atoms with Crippen LogP contribution in [0.5, 0.6) is 0 Å². The number of fused-ring (bicyclic) bond motifs is 1. The molecule has 0 saturated heterocycles. The topological polar surface area (TPSA) is 47.0 Å². The molecule has 0 aromatic carbocycles. The van der Waals surface area contributed by atoms with E-state index in [2.05, 4.69) is 27.8 Å². The van der Waals surface area contributed by atoms with Gasteiger partial charge in [-0.2, -0.15) is 0 Å². The molecule has 1 aromatic rings. The number of allylic oxidation sites excluding steroid dienone is 2. The van der Waals surface area contributed by atoms with Crippen LogP contribution in [0, 0.1) is 6.92 Å². The third kappa shape index (κ3) is 2.90. The molecule has 0 N–H and O–H groups in total. The molecule has 0 spiro atoms. The summed E-state index contributed by atoms with van der Waals surface area (Å²) in [6.45, 7) is 3.96. The molecule has 1 aliphatic rings. The standard InChI is InChI=1S/C16H18BrNO2/c1-3-4-5-6-7-11-13(17)16(20)14-12(15(11)19)9-8-10(2)18-14/h8-9H,3-7H2,1-2H3. The molecule has 0 bridgehead atoms. The van der Waals surface area contributed by atoms with E-state index in [1.54, 1.807) is 12.1 Å². The Hall–Kier alpha value is -1.29. The molecule has 0 saturated carbocycles. The number of hydrogen-bond donors (Lipinski definition) is 0. The molecule has 1 aliphatic carbocycles. The number of rotatable bonds is 5. The van der Waals surface area contributed by atoms with Crippen molar-refractivity contribution in [3.63, 3.8) is 0 Å². The summed E-state index contributed by atoms with van der Waals surface area (Å²) < 4.78 is 0.393. The molecule has 0 amide bonds. The highest BCUT2D eigenvalue weighted by molar-refractivity contribution is 9.12. The number of hydrogen-bond acceptors (Lipinski definition) is 3. The fraction of sp³-hybridized carbons (Fsp3) is 0.438. The average Bonchev–Trinajstić information content (AvgIpc) is 2.44. The molecule has 3 nitrogen and oxygen atoms in total. The summed E-state index contributed by atoms with van der Waals surface area (Å²) in [5, 5.41) is 0. The molecule has 0 radical (unpaired) electrons. The van der Waals surface area contributed by atoms with Crippen molar-refractivity contribution in [2.45, 2.75) is 46.0 Å². The number of carbonyl (C=O) groups is 2. The zero-order valence-electron chi connectivity index (χ0n) is 11.8. The molecule has 0 unspecified atom stereocenters. The highest BCUT2D eigenvalue weighted by atomic mass is 79.9. The van der Waals surface area contributed by atoms with Gasteiger partial charge in [-0.25, -0.2) is 4.98 Å². The van der Waals surface area contributed by atoms with Gasteiger partial charge >= 0.3 is 0 Å². The lowest BCUT2D eigenvalue weighted by atomic mass is 9.90. The molecule has 4 heteroatoms. The van der Waals surface area contributed by atoms with Gasteiger partial charge in [-0.1, -0.05) is 26.2 Å². The van der Waals surface area contributed by atoms with Crippen molar-refractivity contribution in [3.05, 3.63) is 39.1 Å². The fourth-order valence-electron chi connectivity index (χ4n) is 2.37. The third-order valence-electron chi connectivity index (χ3n) is 3.51. The zero-order chi connectivity index (χ0) is 14.7. The summed E-state index contributed by atoms with van der Waals surface area (Å²) in [7, 11) is 0. The predicted octanol–water partition coefficient (Wildman–Crippen LogP) is 4.39. The Labute approximate surface area is 127 Å². The van der Waals surface area contributed by atoms with Crippen LogP contribution in [0.15, 0.2) is 22.2 Å². The van der Waals surface area contributed by atoms with E-state index in [0.29, 0.717) is 22.0 Å². The van der Waals surface area contributed by atoms with Crippen LogP contribution in [-0.2, 0) is 0 Å². The number of pyridine rings is 1. The van der Waals surface area contributed by atoms with Crippen molar-refractivity contribution < 1.29 is 9.59 Å². The van der Waals surface area contributed by atoms with Gasteiger partial charge in [0.05, 0.1) is 10.0 Å². The van der Waals surface area contributed by atoms with Gasteiger partial charge in [0.1, 0.15) is 5.69 Å². The van der Waals surface area contributed by atoms with E-state index in [9.17, 15) is 9.59 Å². The highest BCUT2D eigenvalue weighted by Crippen LogP contribution is 2.31. The van der Waals surface area contributed by atoms with Gasteiger partial charge in [0.15, 0.2) is 5.78 Å². The minimum atomic E-state index is -0.172. The molecule has 2 rings (SSSR count). The number of carbonyl (C=O) groups excluding carboxylic acids is 2. The highest BCUT2D eigenvalue weighted by Gasteiger charge is 2.31. The van der Waals surface area contributed by atoms with E-state index in [0.717, 1.165) is 31.4 Å². The van der Waals surface area contributed by atoms with Crippen molar-refractivity contribution >= 4 is 27.5 Å². The largest absolute Gasteiger partial charge is 0.289 e. The maximum Gasteiger partial charge on any atom is 0.219 e. The molecule has 0 aliphatic heterocycles. The van der Waals surface area contributed by atoms with E-state index >= 15 is 0 Å². The Morgan fingerprint density at radius 2 is 1.85 bits per heavy atom. The van der Waals surface area contributed by atoms with Gasteiger partial charge in [-0.15, -0.1) is 0 Å². The first kappa shape index (κ1) is 15.1. The first-order valence-electron chi connectivity index (χ1n) is 7.02. The Kier molecular flexibility index (Phi) is 4.86. The SMILES string of the molecule is CCCCCCC1=C(Br)C(=O)c2nc(C)ccc2C1=O. The van der Waals surface area contributed by atoms with Gasteiger partial charge in [-0.3, -0.25) is 9.59 Å². The van der Waals surface area contributed by atoms with Crippen molar-refractivity contribution in [2.75, 3.05) is 0 Å². The van der Waals surface area contributed by atoms with Gasteiger partial charge in [0.2, 0.25) is 5.78 Å². The smallest absolute Gasteiger partial charge is 0.219 e. The second-order valence-corrected chi connectivity index (χ2v) is 5.90. The summed E-state index contributed by atoms with van der Waals surface area (Å²) in [4.78, 5) is 29.0. The summed E-state index contributed by atoms with van der Waals surface area (Å²) in [6.07, 6.45) is 4.98. The normalized spacial score (nSPS) is 14.8. The van der Waals surface area contributed by atoms with Gasteiger partial charge in [0, 0.05) is 11.3 Å². The quantitative estimate of drug-likeness (QED) is 0.749. The Bertz CT molecular complexity index is 590. The number of aromatic nitrogens is 1. The first-order valence-corrected chi connectivity index (χ1v) is 7.81. The first-order chi connectivity index (χ1) is 9.56. The monoisotopic (exact) mass is 335 g/mol. The van der Waals surface area contributed by atoms with Crippen LogP contribution < -0.4 is 0 Å². The van der Waals surface area contributed by atoms with Crippen LogP contribution in [0.3, 0.4) is 0 Å². The minimum Gasteiger partial charge on any atom is -0.289 e. The maximum absolute atomic E-state index is 12.5. The molecular formula is C16H18BrNO2. The fourth-order valence-corrected chi connectivity index (χ4v) is 2.93. The van der Waals surface area contributed by atoms with Crippen molar-refractivity contribution in [1.29, 1.82) is 0 Å². The summed E-state index contributed by atoms with van der Waals surface area (Å²) in [5.74, 6) is -0.232. The lowest BCUT2D eigenvalue weighted by molar-refractivity contribution is 0.0975. The number of unbranched alkanes of at least 4 members (excludes halogenated alkanes) is 3. The molecular weight excluding hydrogens is 318 g/mol. The summed E-state index contributed by atoms with van der Waals surface area (Å²) in [5.41, 5.74) is 2.06. The van der Waals surface area contributed by atoms with Crippen molar-refractivity contribution in [2.24, 2.45) is 0 Å². The zero-order valence-corrected chi connectivity index (χ0v) is 13.4. The van der Waals surface area contributed by atoms with E-state index in [1.807, 2.05) is 6.92 Å². The third-order valence-corrected chi connectivity index (χ3v) is 4.35. The molecule has 106 valence electrons. The number of nitrogens with zero attached hydrogens (tertiary/aromatic N) is 1. The number of Topliss-reactive ketones (excluding diaryl/α,β-unsaturated/α-hetero) is 2. The van der Waals surface area contributed by atoms with E-state index in [-0.39, 0.29) is 17.3 Å². The molecule has 20 heavy (non-hydrogen) atoms.